The molecule has 2 aliphatic rings. The van der Waals surface area contributed by atoms with E-state index in [-0.39, 0.29) is 17.0 Å². The van der Waals surface area contributed by atoms with Crippen LogP contribution in [0.1, 0.15) is 18.9 Å². The fourth-order valence-electron chi connectivity index (χ4n) is 2.94. The second-order valence-corrected chi connectivity index (χ2v) is 8.35. The number of carboxylic acid groups (broad SMARTS) is 1. The topological polar surface area (TPSA) is 77.8 Å². The molecule has 0 saturated carbocycles. The molecule has 1 aromatic rings. The molecule has 0 radical (unpaired) electrons. The van der Waals surface area contributed by atoms with Crippen LogP contribution in [0, 0.1) is 5.92 Å². The van der Waals surface area contributed by atoms with E-state index in [4.69, 9.17) is 0 Å². The van der Waals surface area contributed by atoms with Gasteiger partial charge in [-0.15, -0.1) is 11.8 Å². The molecule has 0 bridgehead atoms. The lowest BCUT2D eigenvalue weighted by Gasteiger charge is -2.43. The van der Waals surface area contributed by atoms with Gasteiger partial charge in [-0.1, -0.05) is 42.1 Å². The summed E-state index contributed by atoms with van der Waals surface area (Å²) in [6.45, 7) is 1.58. The first-order chi connectivity index (χ1) is 11.5. The Labute approximate surface area is 149 Å². The predicted molar refractivity (Wildman–Crippen MR) is 95.3 cm³/mol. The zero-order valence-corrected chi connectivity index (χ0v) is 14.8. The third kappa shape index (κ3) is 3.20. The van der Waals surface area contributed by atoms with Gasteiger partial charge in [-0.2, -0.15) is 0 Å². The molecule has 1 amide bonds. The molecule has 3 atom stereocenters. The van der Waals surface area contributed by atoms with E-state index in [9.17, 15) is 19.8 Å². The van der Waals surface area contributed by atoms with Crippen molar-refractivity contribution < 1.29 is 19.8 Å². The normalized spacial score (nSPS) is 23.9. The average molecular weight is 365 g/mol. The molecule has 3 rings (SSSR count). The van der Waals surface area contributed by atoms with Gasteiger partial charge in [0.05, 0.1) is 16.3 Å². The molecule has 0 aliphatic carbocycles. The van der Waals surface area contributed by atoms with E-state index >= 15 is 0 Å². The Hall–Kier alpha value is -1.44. The third-order valence-electron chi connectivity index (χ3n) is 4.15. The number of β-lactam (4-membered cyclic amide) rings is 1. The van der Waals surface area contributed by atoms with Crippen molar-refractivity contribution in [3.05, 3.63) is 45.8 Å². The van der Waals surface area contributed by atoms with Gasteiger partial charge in [-0.3, -0.25) is 9.69 Å². The largest absolute Gasteiger partial charge is 0.477 e. The quantitative estimate of drug-likeness (QED) is 0.571. The molecule has 2 N–H and O–H groups in total. The first-order valence-corrected chi connectivity index (χ1v) is 9.69. The maximum Gasteiger partial charge on any atom is 0.354 e. The van der Waals surface area contributed by atoms with Gasteiger partial charge < -0.3 is 10.2 Å². The molecule has 1 aromatic carbocycles. The SMILES string of the molecule is C[C@H](O)[C@@H]1C(=O)N2C(C(=O)O)=C(SCCCc3ccccc3)S[C@H]12. The number of thioether (sulfide) groups is 2. The van der Waals surface area contributed by atoms with Gasteiger partial charge in [-0.25, -0.2) is 4.79 Å². The average Bonchev–Trinajstić information content (AvgIpc) is 2.86. The number of benzene rings is 1. The van der Waals surface area contributed by atoms with Gasteiger partial charge >= 0.3 is 5.97 Å². The van der Waals surface area contributed by atoms with Crippen LogP contribution in [-0.4, -0.2) is 44.2 Å². The summed E-state index contributed by atoms with van der Waals surface area (Å²) in [5, 5.41) is 18.9. The Morgan fingerprint density at radius 2 is 2.08 bits per heavy atom. The molecule has 0 aromatic heterocycles. The van der Waals surface area contributed by atoms with Gasteiger partial charge in [0.1, 0.15) is 5.37 Å². The van der Waals surface area contributed by atoms with E-state index in [1.54, 1.807) is 6.92 Å². The Balaban J connectivity index is 1.60. The minimum absolute atomic E-state index is 0.0802. The van der Waals surface area contributed by atoms with E-state index in [0.29, 0.717) is 4.24 Å². The third-order valence-corrected chi connectivity index (χ3v) is 6.90. The van der Waals surface area contributed by atoms with Crippen molar-refractivity contribution in [1.82, 2.24) is 4.90 Å². The molecule has 7 heteroatoms. The predicted octanol–water partition coefficient (Wildman–Crippen LogP) is 2.52. The summed E-state index contributed by atoms with van der Waals surface area (Å²) in [5.74, 6) is -1.08. The molecule has 2 heterocycles. The Kier molecular flexibility index (Phi) is 5.22. The second-order valence-electron chi connectivity index (χ2n) is 5.86. The number of amides is 1. The van der Waals surface area contributed by atoms with Crippen LogP contribution in [0.5, 0.6) is 0 Å². The zero-order chi connectivity index (χ0) is 17.3. The van der Waals surface area contributed by atoms with E-state index < -0.39 is 18.0 Å². The lowest BCUT2D eigenvalue weighted by molar-refractivity contribution is -0.156. The number of carboxylic acids is 1. The van der Waals surface area contributed by atoms with Crippen molar-refractivity contribution in [1.29, 1.82) is 0 Å². The summed E-state index contributed by atoms with van der Waals surface area (Å²) in [4.78, 5) is 25.0. The van der Waals surface area contributed by atoms with Crippen LogP contribution >= 0.6 is 23.5 Å². The van der Waals surface area contributed by atoms with Crippen LogP contribution in [0.3, 0.4) is 0 Å². The highest BCUT2D eigenvalue weighted by molar-refractivity contribution is 8.22. The van der Waals surface area contributed by atoms with Crippen molar-refractivity contribution >= 4 is 35.4 Å². The fraction of sp³-hybridized carbons (Fsp3) is 0.412. The number of hydrogen-bond acceptors (Lipinski definition) is 5. The molecule has 0 unspecified atom stereocenters. The lowest BCUT2D eigenvalue weighted by Crippen LogP contribution is -2.60. The number of aryl methyl sites for hydroxylation is 1. The maximum absolute atomic E-state index is 12.1. The second kappa shape index (κ2) is 7.21. The number of rotatable bonds is 7. The summed E-state index contributed by atoms with van der Waals surface area (Å²) >= 11 is 2.88. The Bertz CT molecular complexity index is 674. The smallest absolute Gasteiger partial charge is 0.354 e. The highest BCUT2D eigenvalue weighted by Crippen LogP contribution is 2.53. The first-order valence-electron chi connectivity index (χ1n) is 7.83. The zero-order valence-electron chi connectivity index (χ0n) is 13.2. The molecule has 1 saturated heterocycles. The minimum Gasteiger partial charge on any atom is -0.477 e. The summed E-state index contributed by atoms with van der Waals surface area (Å²) in [6.07, 6.45) is 1.12. The summed E-state index contributed by atoms with van der Waals surface area (Å²) < 4.78 is 0.678. The van der Waals surface area contributed by atoms with E-state index in [1.807, 2.05) is 18.2 Å². The molecule has 2 aliphatic heterocycles. The van der Waals surface area contributed by atoms with Gasteiger partial charge in [0.25, 0.3) is 0 Å². The van der Waals surface area contributed by atoms with Crippen LogP contribution < -0.4 is 0 Å². The van der Waals surface area contributed by atoms with E-state index in [2.05, 4.69) is 12.1 Å². The Morgan fingerprint density at radius 3 is 2.71 bits per heavy atom. The van der Waals surface area contributed by atoms with Crippen LogP contribution in [0.4, 0.5) is 0 Å². The van der Waals surface area contributed by atoms with Crippen molar-refractivity contribution in [2.24, 2.45) is 5.92 Å². The number of carbonyl (C=O) groups excluding carboxylic acids is 1. The van der Waals surface area contributed by atoms with Crippen LogP contribution in [-0.2, 0) is 16.0 Å². The highest BCUT2D eigenvalue weighted by Gasteiger charge is 2.57. The Morgan fingerprint density at radius 1 is 1.38 bits per heavy atom. The molecule has 1 fully saturated rings. The standard InChI is InChI=1S/C17H19NO4S2/c1-10(19)12-14(20)18-13(16(21)22)17(24-15(12)18)23-9-5-8-11-6-3-2-4-7-11/h2-4,6-7,10,12,15,19H,5,8-9H2,1H3,(H,21,22)/t10-,12+,15+/m0/s1. The highest BCUT2D eigenvalue weighted by atomic mass is 32.2. The van der Waals surface area contributed by atoms with Crippen molar-refractivity contribution in [3.8, 4) is 0 Å². The van der Waals surface area contributed by atoms with Gasteiger partial charge in [0.15, 0.2) is 5.70 Å². The van der Waals surface area contributed by atoms with E-state index in [1.165, 1.54) is 34.0 Å². The van der Waals surface area contributed by atoms with Crippen molar-refractivity contribution in [2.45, 2.75) is 31.2 Å². The van der Waals surface area contributed by atoms with Gasteiger partial charge in [-0.05, 0) is 31.1 Å². The van der Waals surface area contributed by atoms with Crippen LogP contribution in [0.2, 0.25) is 0 Å². The van der Waals surface area contributed by atoms with Crippen molar-refractivity contribution in [3.63, 3.8) is 0 Å². The number of aliphatic hydroxyl groups is 1. The number of aliphatic hydroxyl groups excluding tert-OH is 1. The van der Waals surface area contributed by atoms with E-state index in [0.717, 1.165) is 18.6 Å². The maximum atomic E-state index is 12.1. The van der Waals surface area contributed by atoms with Crippen LogP contribution in [0.25, 0.3) is 0 Å². The number of nitrogens with zero attached hydrogens (tertiary/aromatic N) is 1. The monoisotopic (exact) mass is 365 g/mol. The summed E-state index contributed by atoms with van der Waals surface area (Å²) in [7, 11) is 0. The number of fused-ring (bicyclic) bond motifs is 1. The molecular formula is C17H19NO4S2. The summed E-state index contributed by atoms with van der Waals surface area (Å²) in [6, 6.07) is 10.2. The molecule has 128 valence electrons. The first kappa shape index (κ1) is 17.4. The van der Waals surface area contributed by atoms with Crippen molar-refractivity contribution in [2.75, 3.05) is 5.75 Å². The van der Waals surface area contributed by atoms with Gasteiger partial charge in [0, 0.05) is 0 Å². The molecular weight excluding hydrogens is 346 g/mol. The number of carbonyl (C=O) groups is 2. The molecule has 24 heavy (non-hydrogen) atoms. The van der Waals surface area contributed by atoms with Gasteiger partial charge in [0.2, 0.25) is 5.91 Å². The molecule has 5 nitrogen and oxygen atoms in total. The number of hydrogen-bond donors (Lipinski definition) is 2. The lowest BCUT2D eigenvalue weighted by atomic mass is 9.92. The summed E-state index contributed by atoms with van der Waals surface area (Å²) in [5.41, 5.74) is 1.34. The molecule has 0 spiro atoms. The fourth-order valence-corrected chi connectivity index (χ4v) is 5.87. The minimum atomic E-state index is -1.08. The van der Waals surface area contributed by atoms with Crippen LogP contribution in [0.15, 0.2) is 40.3 Å². The number of aliphatic carboxylic acids is 1.